The average molecular weight is 219 g/mol. The highest BCUT2D eigenvalue weighted by Crippen LogP contribution is 2.19. The molecular weight excluding hydrogens is 210 g/mol. The number of nitrogens with two attached hydrogens (primary N) is 1. The second-order valence-corrected chi connectivity index (χ2v) is 4.00. The Balaban J connectivity index is 2.19. The fraction of sp³-hybridized carbons (Fsp3) is 0.111. The van der Waals surface area contributed by atoms with Gasteiger partial charge in [0, 0.05) is 29.9 Å². The number of thiazole rings is 1. The highest BCUT2D eigenvalue weighted by Gasteiger charge is 2.10. The van der Waals surface area contributed by atoms with Crippen molar-refractivity contribution in [3.05, 3.63) is 29.5 Å². The number of hydrogen-bond donors (Lipinski definition) is 2. The molecule has 15 heavy (non-hydrogen) atoms. The minimum absolute atomic E-state index is 0.482. The number of rotatable bonds is 2. The summed E-state index contributed by atoms with van der Waals surface area (Å²) in [5, 5.41) is 6.38. The molecule has 3 N–H and O–H groups in total. The van der Waals surface area contributed by atoms with E-state index in [4.69, 9.17) is 5.73 Å². The number of nitrogens with one attached hydrogen (secondary N) is 1. The molecule has 0 spiro atoms. The molecule has 0 saturated carbocycles. The van der Waals surface area contributed by atoms with Crippen LogP contribution in [0.4, 0.5) is 0 Å². The minimum Gasteiger partial charge on any atom is -0.367 e. The lowest BCUT2D eigenvalue weighted by Gasteiger charge is -1.89. The second kappa shape index (κ2) is 3.18. The van der Waals surface area contributed by atoms with Crippen LogP contribution < -0.4 is 5.73 Å². The van der Waals surface area contributed by atoms with Gasteiger partial charge in [-0.15, -0.1) is 16.4 Å². The first-order chi connectivity index (χ1) is 7.38. The molecular formula is C9H9N5S. The number of nitrogens with zero attached hydrogens (tertiary/aromatic N) is 3. The van der Waals surface area contributed by atoms with Gasteiger partial charge in [-0.2, -0.15) is 4.98 Å². The highest BCUT2D eigenvalue weighted by atomic mass is 32.1. The van der Waals surface area contributed by atoms with E-state index in [1.54, 1.807) is 15.9 Å². The summed E-state index contributed by atoms with van der Waals surface area (Å²) in [6.07, 6.45) is 3.73. The van der Waals surface area contributed by atoms with Gasteiger partial charge in [-0.25, -0.2) is 4.52 Å². The molecule has 76 valence electrons. The standard InChI is InChI=1S/C9H9N5S/c10-3-7-5-15-9-12-8(13-14(7)9)6-1-2-11-4-6/h1-2,4-5,11H,3,10H2. The van der Waals surface area contributed by atoms with Crippen molar-refractivity contribution in [2.75, 3.05) is 0 Å². The van der Waals surface area contributed by atoms with Crippen LogP contribution >= 0.6 is 11.3 Å². The van der Waals surface area contributed by atoms with E-state index in [-0.39, 0.29) is 0 Å². The number of aromatic nitrogens is 4. The van der Waals surface area contributed by atoms with Crippen LogP contribution in [0.15, 0.2) is 23.8 Å². The van der Waals surface area contributed by atoms with Crippen LogP contribution in [0.5, 0.6) is 0 Å². The van der Waals surface area contributed by atoms with E-state index in [0.29, 0.717) is 6.54 Å². The molecule has 3 heterocycles. The smallest absolute Gasteiger partial charge is 0.212 e. The van der Waals surface area contributed by atoms with Gasteiger partial charge in [0.25, 0.3) is 0 Å². The van der Waals surface area contributed by atoms with Gasteiger partial charge in [0.1, 0.15) is 0 Å². The number of H-pyrrole nitrogens is 1. The third kappa shape index (κ3) is 1.26. The molecule has 3 aromatic heterocycles. The quantitative estimate of drug-likeness (QED) is 0.681. The Morgan fingerprint density at radius 3 is 3.20 bits per heavy atom. The molecule has 0 aliphatic rings. The summed E-state index contributed by atoms with van der Waals surface area (Å²) in [5.41, 5.74) is 7.58. The van der Waals surface area contributed by atoms with Gasteiger partial charge in [-0.3, -0.25) is 0 Å². The molecule has 3 rings (SSSR count). The largest absolute Gasteiger partial charge is 0.367 e. The van der Waals surface area contributed by atoms with Gasteiger partial charge < -0.3 is 10.7 Å². The number of hydrogen-bond acceptors (Lipinski definition) is 4. The highest BCUT2D eigenvalue weighted by molar-refractivity contribution is 7.15. The van der Waals surface area contributed by atoms with E-state index in [1.165, 1.54) is 0 Å². The number of aromatic amines is 1. The van der Waals surface area contributed by atoms with Gasteiger partial charge in [-0.05, 0) is 6.07 Å². The van der Waals surface area contributed by atoms with Crippen molar-refractivity contribution in [3.8, 4) is 11.4 Å². The third-order valence-electron chi connectivity index (χ3n) is 2.22. The molecule has 0 atom stereocenters. The number of fused-ring (bicyclic) bond motifs is 1. The van der Waals surface area contributed by atoms with E-state index in [2.05, 4.69) is 15.1 Å². The zero-order valence-electron chi connectivity index (χ0n) is 7.84. The van der Waals surface area contributed by atoms with Gasteiger partial charge in [0.2, 0.25) is 4.96 Å². The van der Waals surface area contributed by atoms with E-state index in [9.17, 15) is 0 Å². The van der Waals surface area contributed by atoms with Crippen molar-refractivity contribution < 1.29 is 0 Å². The SMILES string of the molecule is NCc1csc2nc(-c3cc[nH]c3)nn12. The minimum atomic E-state index is 0.482. The van der Waals surface area contributed by atoms with Crippen molar-refractivity contribution >= 4 is 16.3 Å². The van der Waals surface area contributed by atoms with Crippen LogP contribution in [0, 0.1) is 0 Å². The van der Waals surface area contributed by atoms with Gasteiger partial charge in [-0.1, -0.05) is 0 Å². The van der Waals surface area contributed by atoms with E-state index in [1.807, 2.05) is 23.8 Å². The Hall–Kier alpha value is -1.66. The molecule has 0 aliphatic heterocycles. The fourth-order valence-electron chi connectivity index (χ4n) is 1.45. The van der Waals surface area contributed by atoms with E-state index in [0.717, 1.165) is 22.0 Å². The first kappa shape index (κ1) is 8.63. The summed E-state index contributed by atoms with van der Waals surface area (Å²) >= 11 is 1.56. The molecule has 0 saturated heterocycles. The summed E-state index contributed by atoms with van der Waals surface area (Å²) in [6.45, 7) is 0.482. The Morgan fingerprint density at radius 2 is 2.47 bits per heavy atom. The lowest BCUT2D eigenvalue weighted by molar-refractivity contribution is 0.868. The lowest BCUT2D eigenvalue weighted by atomic mass is 10.3. The van der Waals surface area contributed by atoms with Crippen LogP contribution in [0.1, 0.15) is 5.69 Å². The van der Waals surface area contributed by atoms with Crippen LogP contribution in [0.25, 0.3) is 16.3 Å². The molecule has 0 fully saturated rings. The normalized spacial score (nSPS) is 11.3. The van der Waals surface area contributed by atoms with Gasteiger partial charge >= 0.3 is 0 Å². The summed E-state index contributed by atoms with van der Waals surface area (Å²) in [4.78, 5) is 8.28. The Morgan fingerprint density at radius 1 is 1.53 bits per heavy atom. The lowest BCUT2D eigenvalue weighted by Crippen LogP contribution is -2.00. The molecule has 0 bridgehead atoms. The molecule has 0 amide bonds. The third-order valence-corrected chi connectivity index (χ3v) is 3.08. The Labute approximate surface area is 89.6 Å². The molecule has 5 nitrogen and oxygen atoms in total. The zero-order chi connectivity index (χ0) is 10.3. The zero-order valence-corrected chi connectivity index (χ0v) is 8.66. The van der Waals surface area contributed by atoms with Crippen LogP contribution in [0.2, 0.25) is 0 Å². The molecule has 6 heteroatoms. The maximum atomic E-state index is 5.60. The monoisotopic (exact) mass is 219 g/mol. The molecule has 0 radical (unpaired) electrons. The fourth-order valence-corrected chi connectivity index (χ4v) is 2.29. The van der Waals surface area contributed by atoms with E-state index < -0.39 is 0 Å². The van der Waals surface area contributed by atoms with Crippen molar-refractivity contribution in [2.24, 2.45) is 5.73 Å². The summed E-state index contributed by atoms with van der Waals surface area (Å²) < 4.78 is 1.80. The molecule has 0 unspecified atom stereocenters. The Bertz CT molecular complexity index is 577. The summed E-state index contributed by atoms with van der Waals surface area (Å²) in [5.74, 6) is 0.734. The average Bonchev–Trinajstić information content (AvgIpc) is 2.93. The van der Waals surface area contributed by atoms with Crippen LogP contribution in [0.3, 0.4) is 0 Å². The summed E-state index contributed by atoms with van der Waals surface area (Å²) in [7, 11) is 0. The molecule has 0 aliphatic carbocycles. The summed E-state index contributed by atoms with van der Waals surface area (Å²) in [6, 6.07) is 1.95. The Kier molecular flexibility index (Phi) is 1.83. The van der Waals surface area contributed by atoms with Crippen molar-refractivity contribution in [1.29, 1.82) is 0 Å². The van der Waals surface area contributed by atoms with Gasteiger partial charge in [0.05, 0.1) is 5.69 Å². The molecule has 0 aromatic carbocycles. The maximum absolute atomic E-state index is 5.60. The maximum Gasteiger partial charge on any atom is 0.212 e. The first-order valence-electron chi connectivity index (χ1n) is 4.55. The van der Waals surface area contributed by atoms with Crippen molar-refractivity contribution in [2.45, 2.75) is 6.54 Å². The van der Waals surface area contributed by atoms with Crippen LogP contribution in [-0.2, 0) is 6.54 Å². The first-order valence-corrected chi connectivity index (χ1v) is 5.43. The van der Waals surface area contributed by atoms with Crippen molar-refractivity contribution in [1.82, 2.24) is 19.6 Å². The van der Waals surface area contributed by atoms with E-state index >= 15 is 0 Å². The molecule has 3 aromatic rings. The predicted octanol–water partition coefficient (Wildman–Crippen LogP) is 1.24. The van der Waals surface area contributed by atoms with Crippen molar-refractivity contribution in [3.63, 3.8) is 0 Å². The van der Waals surface area contributed by atoms with Crippen LogP contribution in [-0.4, -0.2) is 19.6 Å². The van der Waals surface area contributed by atoms with Gasteiger partial charge in [0.15, 0.2) is 5.82 Å². The topological polar surface area (TPSA) is 72.0 Å². The predicted molar refractivity (Wildman–Crippen MR) is 58.5 cm³/mol. The second-order valence-electron chi connectivity index (χ2n) is 3.16.